The largest absolute Gasteiger partial charge is 0.389 e. The van der Waals surface area contributed by atoms with Crippen LogP contribution in [0.15, 0.2) is 42.5 Å². The van der Waals surface area contributed by atoms with Gasteiger partial charge >= 0.3 is 0 Å². The van der Waals surface area contributed by atoms with Crippen molar-refractivity contribution < 1.29 is 13.9 Å². The Bertz CT molecular complexity index is 628. The van der Waals surface area contributed by atoms with Gasteiger partial charge < -0.3 is 10.0 Å². The number of hydrogen-bond donors (Lipinski definition) is 1. The Morgan fingerprint density at radius 2 is 1.67 bits per heavy atom. The quantitative estimate of drug-likeness (QED) is 0.912. The van der Waals surface area contributed by atoms with Gasteiger partial charge in [-0.3, -0.25) is 0 Å². The van der Waals surface area contributed by atoms with Crippen molar-refractivity contribution in [2.75, 3.05) is 11.9 Å². The normalized spacial score (nSPS) is 13.8. The second-order valence-electron chi connectivity index (χ2n) is 5.20. The highest BCUT2D eigenvalue weighted by Gasteiger charge is 2.19. The highest BCUT2D eigenvalue weighted by atomic mass is 19.1. The molecule has 2 aromatic carbocycles. The third-order valence-electron chi connectivity index (χ3n) is 3.77. The van der Waals surface area contributed by atoms with E-state index in [1.165, 1.54) is 12.1 Å². The molecule has 1 N–H and O–H groups in total. The van der Waals surface area contributed by atoms with E-state index in [1.54, 1.807) is 49.2 Å². The number of aliphatic hydroxyl groups is 1. The zero-order valence-corrected chi connectivity index (χ0v) is 12.3. The lowest BCUT2D eigenvalue weighted by Gasteiger charge is -2.28. The predicted octanol–water partition coefficient (Wildman–Crippen LogP) is 4.22. The van der Waals surface area contributed by atoms with Crippen molar-refractivity contribution in [2.24, 2.45) is 0 Å². The molecule has 0 aliphatic carbocycles. The topological polar surface area (TPSA) is 23.5 Å². The smallest absolute Gasteiger partial charge is 0.146 e. The second-order valence-corrected chi connectivity index (χ2v) is 5.20. The van der Waals surface area contributed by atoms with Crippen molar-refractivity contribution in [3.63, 3.8) is 0 Å². The zero-order chi connectivity index (χ0) is 15.6. The second kappa shape index (κ2) is 6.22. The van der Waals surface area contributed by atoms with E-state index in [2.05, 4.69) is 0 Å². The fraction of sp³-hybridized carbons (Fsp3) is 0.294. The molecule has 0 aliphatic heterocycles. The predicted molar refractivity (Wildman–Crippen MR) is 80.3 cm³/mol. The average Bonchev–Trinajstić information content (AvgIpc) is 2.46. The van der Waals surface area contributed by atoms with E-state index >= 15 is 0 Å². The number of benzene rings is 2. The standard InChI is InChI=1S/C17H19F2NO/c1-11(14-6-4-5-7-15(14)18)20(3)17-9-8-13(12(2)21)10-16(17)19/h4-12,21H,1-3H3/t11?,12-/m0/s1. The van der Waals surface area contributed by atoms with Gasteiger partial charge in [-0.15, -0.1) is 0 Å². The molecule has 0 heterocycles. The maximum absolute atomic E-state index is 14.2. The van der Waals surface area contributed by atoms with E-state index in [4.69, 9.17) is 0 Å². The van der Waals surface area contributed by atoms with E-state index in [-0.39, 0.29) is 11.9 Å². The molecule has 0 saturated heterocycles. The van der Waals surface area contributed by atoms with Crippen LogP contribution in [-0.2, 0) is 0 Å². The lowest BCUT2D eigenvalue weighted by molar-refractivity contribution is 0.199. The summed E-state index contributed by atoms with van der Waals surface area (Å²) in [5.74, 6) is -0.739. The number of hydrogen-bond acceptors (Lipinski definition) is 2. The Hall–Kier alpha value is -1.94. The van der Waals surface area contributed by atoms with Crippen molar-refractivity contribution in [2.45, 2.75) is 26.0 Å². The van der Waals surface area contributed by atoms with Crippen LogP contribution in [0.4, 0.5) is 14.5 Å². The first-order chi connectivity index (χ1) is 9.91. The molecule has 0 saturated carbocycles. The molecule has 2 nitrogen and oxygen atoms in total. The molecule has 2 rings (SSSR count). The van der Waals surface area contributed by atoms with Crippen LogP contribution in [-0.4, -0.2) is 12.2 Å². The van der Waals surface area contributed by atoms with Gasteiger partial charge in [0, 0.05) is 12.6 Å². The van der Waals surface area contributed by atoms with Gasteiger partial charge in [0.25, 0.3) is 0 Å². The molecule has 2 aromatic rings. The van der Waals surface area contributed by atoms with Crippen LogP contribution in [0.3, 0.4) is 0 Å². The van der Waals surface area contributed by atoms with Gasteiger partial charge in [0.05, 0.1) is 17.8 Å². The Kier molecular flexibility index (Phi) is 4.58. The number of aliphatic hydroxyl groups excluding tert-OH is 1. The first kappa shape index (κ1) is 15.4. The number of anilines is 1. The number of rotatable bonds is 4. The highest BCUT2D eigenvalue weighted by molar-refractivity contribution is 5.51. The van der Waals surface area contributed by atoms with Crippen LogP contribution in [0, 0.1) is 11.6 Å². The van der Waals surface area contributed by atoms with Crippen molar-refractivity contribution in [1.82, 2.24) is 0 Å². The van der Waals surface area contributed by atoms with E-state index in [9.17, 15) is 13.9 Å². The summed E-state index contributed by atoms with van der Waals surface area (Å²) in [7, 11) is 1.72. The van der Waals surface area contributed by atoms with Crippen LogP contribution in [0.1, 0.15) is 37.1 Å². The Balaban J connectivity index is 2.32. The van der Waals surface area contributed by atoms with Crippen LogP contribution >= 0.6 is 0 Å². The molecular weight excluding hydrogens is 272 g/mol. The van der Waals surface area contributed by atoms with E-state index in [1.807, 2.05) is 6.92 Å². The average molecular weight is 291 g/mol. The molecule has 0 spiro atoms. The Morgan fingerprint density at radius 3 is 2.24 bits per heavy atom. The number of halogens is 2. The fourth-order valence-corrected chi connectivity index (χ4v) is 2.30. The molecule has 0 bridgehead atoms. The van der Waals surface area contributed by atoms with Gasteiger partial charge in [-0.05, 0) is 37.6 Å². The first-order valence-electron chi connectivity index (χ1n) is 6.86. The molecule has 0 aliphatic rings. The molecular formula is C17H19F2NO. The van der Waals surface area contributed by atoms with E-state index < -0.39 is 11.9 Å². The van der Waals surface area contributed by atoms with Gasteiger partial charge in [-0.2, -0.15) is 0 Å². The molecule has 0 fully saturated rings. The summed E-state index contributed by atoms with van der Waals surface area (Å²) in [5, 5.41) is 9.47. The van der Waals surface area contributed by atoms with Gasteiger partial charge in [0.2, 0.25) is 0 Å². The minimum absolute atomic E-state index is 0.307. The number of nitrogens with zero attached hydrogens (tertiary/aromatic N) is 1. The molecule has 1 unspecified atom stereocenters. The van der Waals surface area contributed by atoms with Crippen molar-refractivity contribution in [1.29, 1.82) is 0 Å². The SMILES string of the molecule is CC(c1ccccc1F)N(C)c1ccc([C@H](C)O)cc1F. The maximum Gasteiger partial charge on any atom is 0.146 e. The van der Waals surface area contributed by atoms with E-state index in [0.29, 0.717) is 16.8 Å². The van der Waals surface area contributed by atoms with Crippen LogP contribution in [0.5, 0.6) is 0 Å². The fourth-order valence-electron chi connectivity index (χ4n) is 2.30. The van der Waals surface area contributed by atoms with Gasteiger partial charge in [0.1, 0.15) is 11.6 Å². The summed E-state index contributed by atoms with van der Waals surface area (Å²) in [6.07, 6.45) is -0.720. The Labute approximate surface area is 123 Å². The summed E-state index contributed by atoms with van der Waals surface area (Å²) in [5.41, 5.74) is 1.40. The monoisotopic (exact) mass is 291 g/mol. The molecule has 0 radical (unpaired) electrons. The van der Waals surface area contributed by atoms with Gasteiger partial charge in [-0.1, -0.05) is 24.3 Å². The van der Waals surface area contributed by atoms with Gasteiger partial charge in [0.15, 0.2) is 0 Å². The molecule has 2 atom stereocenters. The molecule has 0 amide bonds. The van der Waals surface area contributed by atoms with E-state index in [0.717, 1.165) is 0 Å². The van der Waals surface area contributed by atoms with Crippen LogP contribution in [0.2, 0.25) is 0 Å². The lowest BCUT2D eigenvalue weighted by Crippen LogP contribution is -2.23. The summed E-state index contributed by atoms with van der Waals surface area (Å²) in [6, 6.07) is 10.8. The first-order valence-corrected chi connectivity index (χ1v) is 6.86. The molecule has 0 aromatic heterocycles. The third kappa shape index (κ3) is 3.22. The van der Waals surface area contributed by atoms with Gasteiger partial charge in [-0.25, -0.2) is 8.78 Å². The lowest BCUT2D eigenvalue weighted by atomic mass is 10.0. The molecule has 112 valence electrons. The molecule has 21 heavy (non-hydrogen) atoms. The summed E-state index contributed by atoms with van der Waals surface area (Å²) in [6.45, 7) is 3.40. The maximum atomic E-state index is 14.2. The van der Waals surface area contributed by atoms with Crippen molar-refractivity contribution in [3.05, 3.63) is 65.2 Å². The van der Waals surface area contributed by atoms with Crippen LogP contribution in [0.25, 0.3) is 0 Å². The molecule has 4 heteroatoms. The summed E-state index contributed by atoms with van der Waals surface area (Å²) < 4.78 is 28.0. The summed E-state index contributed by atoms with van der Waals surface area (Å²) >= 11 is 0. The van der Waals surface area contributed by atoms with Crippen LogP contribution < -0.4 is 4.90 Å². The van der Waals surface area contributed by atoms with Crippen molar-refractivity contribution in [3.8, 4) is 0 Å². The highest BCUT2D eigenvalue weighted by Crippen LogP contribution is 2.30. The zero-order valence-electron chi connectivity index (χ0n) is 12.3. The van der Waals surface area contributed by atoms with Crippen molar-refractivity contribution >= 4 is 5.69 Å². The Morgan fingerprint density at radius 1 is 1.00 bits per heavy atom. The summed E-state index contributed by atoms with van der Waals surface area (Å²) in [4.78, 5) is 1.68. The third-order valence-corrected chi connectivity index (χ3v) is 3.77. The minimum Gasteiger partial charge on any atom is -0.389 e. The minimum atomic E-state index is -0.720.